The predicted octanol–water partition coefficient (Wildman–Crippen LogP) is 2.48. The molecule has 2 aromatic heterocycles. The van der Waals surface area contributed by atoms with Gasteiger partial charge in [0.1, 0.15) is 12.1 Å². The third kappa shape index (κ3) is 4.15. The van der Waals surface area contributed by atoms with E-state index in [1.54, 1.807) is 18.2 Å². The molecule has 0 spiro atoms. The first-order valence-electron chi connectivity index (χ1n) is 7.09. The molecule has 0 unspecified atom stereocenters. The molecule has 0 saturated heterocycles. The van der Waals surface area contributed by atoms with Crippen molar-refractivity contribution in [1.82, 2.24) is 19.9 Å². The van der Waals surface area contributed by atoms with Gasteiger partial charge in [-0.2, -0.15) is 4.98 Å². The number of benzene rings is 1. The van der Waals surface area contributed by atoms with E-state index in [0.29, 0.717) is 26.9 Å². The number of nitrogens with two attached hydrogens (primary N) is 1. The molecule has 0 aliphatic carbocycles. The molecule has 136 valence electrons. The Kier molecular flexibility index (Phi) is 4.90. The van der Waals surface area contributed by atoms with Gasteiger partial charge < -0.3 is 5.73 Å². The molecule has 12 heteroatoms. The first kappa shape index (κ1) is 18.2. The number of anilines is 3. The van der Waals surface area contributed by atoms with E-state index in [2.05, 4.69) is 25.2 Å². The summed E-state index contributed by atoms with van der Waals surface area (Å²) < 4.78 is 24.8. The molecular weight excluding hydrogens is 401 g/mol. The Bertz CT molecular complexity index is 1030. The minimum absolute atomic E-state index is 0.180. The van der Waals surface area contributed by atoms with Gasteiger partial charge in [-0.25, -0.2) is 13.4 Å². The molecule has 0 atom stereocenters. The van der Waals surface area contributed by atoms with E-state index in [4.69, 9.17) is 28.9 Å². The fourth-order valence-corrected chi connectivity index (χ4v) is 3.37. The van der Waals surface area contributed by atoms with Gasteiger partial charge in [-0.1, -0.05) is 23.2 Å². The first-order chi connectivity index (χ1) is 12.2. The van der Waals surface area contributed by atoms with E-state index in [-0.39, 0.29) is 11.8 Å². The van der Waals surface area contributed by atoms with Crippen LogP contribution in [-0.2, 0) is 10.0 Å². The third-order valence-corrected chi connectivity index (χ3v) is 4.37. The fourth-order valence-electron chi connectivity index (χ4n) is 2.16. The Morgan fingerprint density at radius 1 is 1.15 bits per heavy atom. The highest BCUT2D eigenvalue weighted by atomic mass is 35.5. The van der Waals surface area contributed by atoms with E-state index in [0.717, 1.165) is 6.26 Å². The van der Waals surface area contributed by atoms with Crippen molar-refractivity contribution in [1.29, 1.82) is 0 Å². The van der Waals surface area contributed by atoms with Gasteiger partial charge in [-0.3, -0.25) is 10.1 Å². The van der Waals surface area contributed by atoms with Crippen LogP contribution in [0.5, 0.6) is 0 Å². The van der Waals surface area contributed by atoms with Crippen LogP contribution in [-0.4, -0.2) is 34.5 Å². The fraction of sp³-hybridized carbons (Fsp3) is 0.0714. The molecule has 1 aromatic carbocycles. The second kappa shape index (κ2) is 6.98. The van der Waals surface area contributed by atoms with E-state index < -0.39 is 10.0 Å². The second-order valence-electron chi connectivity index (χ2n) is 5.26. The number of rotatable bonds is 5. The van der Waals surface area contributed by atoms with Gasteiger partial charge in [-0.05, 0) is 24.3 Å². The number of pyridine rings is 1. The van der Waals surface area contributed by atoms with Crippen molar-refractivity contribution in [2.24, 2.45) is 0 Å². The van der Waals surface area contributed by atoms with E-state index in [9.17, 15) is 8.42 Å². The molecule has 4 N–H and O–H groups in total. The highest BCUT2D eigenvalue weighted by Crippen LogP contribution is 2.37. The lowest BCUT2D eigenvalue weighted by molar-refractivity contribution is 0.606. The van der Waals surface area contributed by atoms with Crippen molar-refractivity contribution in [3.63, 3.8) is 0 Å². The number of nitrogens with one attached hydrogen (secondary N) is 2. The Balaban J connectivity index is 1.90. The lowest BCUT2D eigenvalue weighted by Crippen LogP contribution is -2.14. The normalized spacial score (nSPS) is 11.3. The average molecular weight is 414 g/mol. The van der Waals surface area contributed by atoms with E-state index in [1.807, 2.05) is 0 Å². The predicted molar refractivity (Wildman–Crippen MR) is 102 cm³/mol. The van der Waals surface area contributed by atoms with Crippen LogP contribution in [0.25, 0.3) is 11.1 Å². The summed E-state index contributed by atoms with van der Waals surface area (Å²) in [6.45, 7) is 0. The van der Waals surface area contributed by atoms with Crippen molar-refractivity contribution in [2.75, 3.05) is 22.1 Å². The minimum atomic E-state index is -3.40. The van der Waals surface area contributed by atoms with Gasteiger partial charge in [0, 0.05) is 17.3 Å². The minimum Gasteiger partial charge on any atom is -0.367 e. The van der Waals surface area contributed by atoms with Gasteiger partial charge in [0.2, 0.25) is 16.0 Å². The summed E-state index contributed by atoms with van der Waals surface area (Å²) in [6.07, 6.45) is 3.82. The molecule has 0 bridgehead atoms. The molecule has 0 amide bonds. The zero-order valence-corrected chi connectivity index (χ0v) is 15.6. The van der Waals surface area contributed by atoms with Gasteiger partial charge in [0.05, 0.1) is 22.0 Å². The molecule has 0 aliphatic heterocycles. The molecule has 0 radical (unpaired) electrons. The van der Waals surface area contributed by atoms with Crippen LogP contribution in [0.2, 0.25) is 10.0 Å². The van der Waals surface area contributed by atoms with Crippen molar-refractivity contribution in [3.8, 4) is 11.1 Å². The van der Waals surface area contributed by atoms with Crippen LogP contribution in [0.4, 0.5) is 17.5 Å². The molecule has 0 saturated carbocycles. The summed E-state index contributed by atoms with van der Waals surface area (Å²) in [7, 11) is -3.40. The first-order valence-corrected chi connectivity index (χ1v) is 9.73. The molecule has 9 nitrogen and oxygen atoms in total. The maximum absolute atomic E-state index is 11.2. The maximum Gasteiger partial charge on any atom is 0.239 e. The van der Waals surface area contributed by atoms with Gasteiger partial charge >= 0.3 is 0 Å². The number of hydrogen-bond donors (Lipinski definition) is 3. The summed E-state index contributed by atoms with van der Waals surface area (Å²) in [4.78, 5) is 9.13. The van der Waals surface area contributed by atoms with Crippen molar-refractivity contribution < 1.29 is 8.42 Å². The van der Waals surface area contributed by atoms with Crippen LogP contribution in [0, 0.1) is 0 Å². The standard InChI is InChI=1S/C14H13Cl2N7O2S/c1-26(24,25)22-12-3-2-8(6-18-12)13-10(15)4-9(5-11(13)16)21-23-14(17)19-7-20-23/h2-7,21H,1H3,(H,18,22)(H2,17,19,20). The molecular formula is C14H13Cl2N7O2S. The summed E-state index contributed by atoms with van der Waals surface area (Å²) in [6, 6.07) is 6.47. The van der Waals surface area contributed by atoms with E-state index in [1.165, 1.54) is 23.4 Å². The largest absolute Gasteiger partial charge is 0.367 e. The van der Waals surface area contributed by atoms with E-state index >= 15 is 0 Å². The van der Waals surface area contributed by atoms with Crippen LogP contribution in [0.3, 0.4) is 0 Å². The lowest BCUT2D eigenvalue weighted by Gasteiger charge is -2.12. The maximum atomic E-state index is 11.2. The van der Waals surface area contributed by atoms with Gasteiger partial charge in [0.15, 0.2) is 0 Å². The average Bonchev–Trinajstić information content (AvgIpc) is 2.92. The van der Waals surface area contributed by atoms with Crippen molar-refractivity contribution in [2.45, 2.75) is 0 Å². The third-order valence-electron chi connectivity index (χ3n) is 3.19. The Hall–Kier alpha value is -2.56. The van der Waals surface area contributed by atoms with Crippen LogP contribution in [0.1, 0.15) is 0 Å². The lowest BCUT2D eigenvalue weighted by atomic mass is 10.1. The number of nitrogens with zero attached hydrogens (tertiary/aromatic N) is 4. The Labute approximate surface area is 159 Å². The zero-order valence-electron chi connectivity index (χ0n) is 13.3. The SMILES string of the molecule is CS(=O)(=O)Nc1ccc(-c2c(Cl)cc(Nn3ncnc3N)cc2Cl)cn1. The van der Waals surface area contributed by atoms with Crippen LogP contribution >= 0.6 is 23.2 Å². The summed E-state index contributed by atoms with van der Waals surface area (Å²) in [5, 5.41) is 4.64. The Morgan fingerprint density at radius 2 is 1.85 bits per heavy atom. The number of halogens is 2. The van der Waals surface area contributed by atoms with Crippen molar-refractivity contribution in [3.05, 3.63) is 46.8 Å². The smallest absolute Gasteiger partial charge is 0.239 e. The topological polar surface area (TPSA) is 128 Å². The molecule has 2 heterocycles. The molecule has 0 fully saturated rings. The molecule has 3 aromatic rings. The van der Waals surface area contributed by atoms with Gasteiger partial charge in [0.25, 0.3) is 0 Å². The van der Waals surface area contributed by atoms with Crippen molar-refractivity contribution >= 4 is 50.7 Å². The van der Waals surface area contributed by atoms with Gasteiger partial charge in [-0.15, -0.1) is 9.89 Å². The number of hydrogen-bond acceptors (Lipinski definition) is 7. The monoisotopic (exact) mass is 413 g/mol. The molecule has 3 rings (SSSR count). The number of sulfonamides is 1. The highest BCUT2D eigenvalue weighted by molar-refractivity contribution is 7.92. The summed E-state index contributed by atoms with van der Waals surface area (Å²) in [5.74, 6) is 0.378. The zero-order chi connectivity index (χ0) is 18.9. The van der Waals surface area contributed by atoms with Crippen LogP contribution in [0.15, 0.2) is 36.8 Å². The Morgan fingerprint density at radius 3 is 2.35 bits per heavy atom. The second-order valence-corrected chi connectivity index (χ2v) is 7.83. The number of nitrogen functional groups attached to an aromatic ring is 1. The summed E-state index contributed by atoms with van der Waals surface area (Å²) in [5.41, 5.74) is 10.3. The van der Waals surface area contributed by atoms with Crippen LogP contribution < -0.4 is 15.9 Å². The molecule has 0 aliphatic rings. The number of aromatic nitrogens is 4. The quantitative estimate of drug-likeness (QED) is 0.585. The highest BCUT2D eigenvalue weighted by Gasteiger charge is 2.13. The summed E-state index contributed by atoms with van der Waals surface area (Å²) >= 11 is 12.7. The molecule has 26 heavy (non-hydrogen) atoms.